The summed E-state index contributed by atoms with van der Waals surface area (Å²) in [7, 11) is -0.679. The predicted molar refractivity (Wildman–Crippen MR) is 176 cm³/mol. The maximum Gasteiger partial charge on any atom is 0.436 e. The van der Waals surface area contributed by atoms with Crippen LogP contribution in [0.5, 0.6) is 11.5 Å². The van der Waals surface area contributed by atoms with Crippen LogP contribution in [0.3, 0.4) is 0 Å². The van der Waals surface area contributed by atoms with Crippen LogP contribution >= 0.6 is 0 Å². The third-order valence-corrected chi connectivity index (χ3v) is 9.13. The van der Waals surface area contributed by atoms with Gasteiger partial charge in [-0.15, -0.1) is 0 Å². The van der Waals surface area contributed by atoms with Gasteiger partial charge in [-0.2, -0.15) is 18.3 Å². The van der Waals surface area contributed by atoms with Crippen molar-refractivity contribution in [1.29, 1.82) is 0 Å². The molecular weight excluding hydrogens is 705 g/mol. The predicted octanol–water partition coefficient (Wildman–Crippen LogP) is 8.09. The maximum atomic E-state index is 14.8. The number of aromatic nitrogens is 2. The Hall–Kier alpha value is -4.93. The number of rotatable bonds is 9. The molecule has 0 aliphatic heterocycles. The first-order chi connectivity index (χ1) is 23.9. The molecule has 0 saturated carbocycles. The van der Waals surface area contributed by atoms with E-state index >= 15 is 0 Å². The van der Waals surface area contributed by atoms with Gasteiger partial charge in [0, 0.05) is 47.6 Å². The lowest BCUT2D eigenvalue weighted by atomic mass is 10.00. The minimum Gasteiger partial charge on any atom is -0.496 e. The molecule has 1 heterocycles. The van der Waals surface area contributed by atoms with Gasteiger partial charge in [0.15, 0.2) is 5.69 Å². The monoisotopic (exact) mass is 738 g/mol. The van der Waals surface area contributed by atoms with Crippen molar-refractivity contribution in [3.05, 3.63) is 119 Å². The lowest BCUT2D eigenvalue weighted by Gasteiger charge is -2.17. The van der Waals surface area contributed by atoms with Gasteiger partial charge in [0.1, 0.15) is 39.7 Å². The number of halogens is 7. The van der Waals surface area contributed by atoms with Gasteiger partial charge in [0.2, 0.25) is 10.0 Å². The number of nitrogens with two attached hydrogens (primary N) is 1. The number of methoxy groups -OCH3 is 2. The lowest BCUT2D eigenvalue weighted by Crippen LogP contribution is -2.29. The van der Waals surface area contributed by atoms with Crippen molar-refractivity contribution in [2.75, 3.05) is 14.2 Å². The zero-order chi connectivity index (χ0) is 37.8. The Bertz CT molecular complexity index is 2140. The number of hydrogen-bond acceptors (Lipinski definition) is 6. The molecule has 0 aliphatic rings. The molecule has 0 spiro atoms. The molecule has 272 valence electrons. The number of benzene rings is 4. The van der Waals surface area contributed by atoms with Crippen LogP contribution in [-0.2, 0) is 23.2 Å². The highest BCUT2D eigenvalue weighted by molar-refractivity contribution is 7.89. The first kappa shape index (κ1) is 38.9. The van der Waals surface area contributed by atoms with Crippen LogP contribution < -0.4 is 19.9 Å². The van der Waals surface area contributed by atoms with Crippen LogP contribution in [0.4, 0.5) is 30.7 Å². The molecule has 5 rings (SSSR count). The molecule has 0 fully saturated rings. The molecule has 4 aromatic carbocycles. The van der Waals surface area contributed by atoms with E-state index in [4.69, 9.17) is 15.2 Å². The summed E-state index contributed by atoms with van der Waals surface area (Å²) in [6, 6.07) is 14.6. The number of sulfonamides is 1. The number of aryl methyl sites for hydroxylation is 1. The fourth-order valence-electron chi connectivity index (χ4n) is 5.14. The molecule has 0 amide bonds. The van der Waals surface area contributed by atoms with E-state index in [-0.39, 0.29) is 22.7 Å². The Morgan fingerprint density at radius 1 is 0.765 bits per heavy atom. The first-order valence-electron chi connectivity index (χ1n) is 15.0. The van der Waals surface area contributed by atoms with E-state index in [0.717, 1.165) is 23.9 Å². The summed E-state index contributed by atoms with van der Waals surface area (Å²) in [5.41, 5.74) is 6.00. The van der Waals surface area contributed by atoms with E-state index in [1.807, 2.05) is 4.72 Å². The molecular formula is C35H33F7N4O4S. The zero-order valence-electron chi connectivity index (χ0n) is 27.8. The second kappa shape index (κ2) is 15.5. The van der Waals surface area contributed by atoms with E-state index in [9.17, 15) is 39.2 Å². The van der Waals surface area contributed by atoms with Gasteiger partial charge in [-0.1, -0.05) is 24.3 Å². The fourth-order valence-corrected chi connectivity index (χ4v) is 6.56. The molecule has 16 heteroatoms. The third-order valence-electron chi connectivity index (χ3n) is 7.59. The second-order valence-electron chi connectivity index (χ2n) is 11.3. The number of nitrogens with zero attached hydrogens (tertiary/aromatic N) is 2. The van der Waals surface area contributed by atoms with Gasteiger partial charge in [-0.25, -0.2) is 30.7 Å². The van der Waals surface area contributed by atoms with E-state index in [1.165, 1.54) is 69.7 Å². The summed E-state index contributed by atoms with van der Waals surface area (Å²) in [5.74, 6) is -1.42. The van der Waals surface area contributed by atoms with E-state index in [2.05, 4.69) is 5.10 Å². The molecule has 0 radical (unpaired) electrons. The highest BCUT2D eigenvalue weighted by Crippen LogP contribution is 2.36. The summed E-state index contributed by atoms with van der Waals surface area (Å²) in [4.78, 5) is -1.07. The van der Waals surface area contributed by atoms with Crippen molar-refractivity contribution in [1.82, 2.24) is 14.5 Å². The summed E-state index contributed by atoms with van der Waals surface area (Å²) < 4.78 is 133. The van der Waals surface area contributed by atoms with E-state index < -0.39 is 56.1 Å². The van der Waals surface area contributed by atoms with Crippen molar-refractivity contribution >= 4 is 10.0 Å². The fraction of sp³-hybridized carbons (Fsp3) is 0.229. The van der Waals surface area contributed by atoms with Crippen molar-refractivity contribution < 1.29 is 48.6 Å². The molecule has 51 heavy (non-hydrogen) atoms. The number of nitrogens with one attached hydrogen (secondary N) is 1. The molecule has 2 atom stereocenters. The maximum absolute atomic E-state index is 14.8. The summed E-state index contributed by atoms with van der Waals surface area (Å²) in [6.07, 6.45) is -4.28. The highest BCUT2D eigenvalue weighted by Gasteiger charge is 2.41. The first-order valence-corrected chi connectivity index (χ1v) is 16.5. The topological polar surface area (TPSA) is 108 Å². The Morgan fingerprint density at radius 3 is 1.65 bits per heavy atom. The van der Waals surface area contributed by atoms with Gasteiger partial charge < -0.3 is 15.2 Å². The summed E-state index contributed by atoms with van der Waals surface area (Å²) in [6.45, 7) is 2.99. The zero-order valence-corrected chi connectivity index (χ0v) is 28.6. The smallest absolute Gasteiger partial charge is 0.436 e. The standard InChI is InChI=1S/C20H18F5N3O3S.C15H15F2NO/c1-11(27-32(29,30)18-10-28(2)26-19(18)20(23,24)25)14-6-4-12(8-16(14)22)15-9-13(21)5-7-17(15)31-3;1-9(18)12-5-3-10(7-14(12)17)13-8-11(16)4-6-15(13)19-2/h4-11,27H,1-3H3;3-9H,18H2,1-2H3. The summed E-state index contributed by atoms with van der Waals surface area (Å²) in [5, 5.41) is 3.17. The van der Waals surface area contributed by atoms with Crippen LogP contribution in [0.2, 0.25) is 0 Å². The van der Waals surface area contributed by atoms with Crippen molar-refractivity contribution in [2.45, 2.75) is 37.0 Å². The molecule has 3 N–H and O–H groups in total. The van der Waals surface area contributed by atoms with Gasteiger partial charge in [0.25, 0.3) is 0 Å². The van der Waals surface area contributed by atoms with Crippen molar-refractivity contribution in [3.8, 4) is 33.8 Å². The van der Waals surface area contributed by atoms with Crippen LogP contribution in [0.15, 0.2) is 83.9 Å². The number of alkyl halides is 3. The Labute approximate surface area is 289 Å². The van der Waals surface area contributed by atoms with Gasteiger partial charge in [0.05, 0.1) is 14.2 Å². The highest BCUT2D eigenvalue weighted by atomic mass is 32.2. The SMILES string of the molecule is COc1ccc(F)cc1-c1ccc(C(C)N)c(F)c1.COc1ccc(F)cc1-c1ccc(C(C)NS(=O)(=O)c2cn(C)nc2C(F)(F)F)c(F)c1. The molecule has 0 saturated heterocycles. The molecule has 0 bridgehead atoms. The van der Waals surface area contributed by atoms with Crippen LogP contribution in [0.25, 0.3) is 22.3 Å². The Morgan fingerprint density at radius 2 is 1.24 bits per heavy atom. The second-order valence-corrected chi connectivity index (χ2v) is 13.0. The molecule has 5 aromatic rings. The summed E-state index contributed by atoms with van der Waals surface area (Å²) >= 11 is 0. The largest absolute Gasteiger partial charge is 0.496 e. The average Bonchev–Trinajstić information content (AvgIpc) is 3.48. The minimum atomic E-state index is -4.99. The minimum absolute atomic E-state index is 0.120. The third kappa shape index (κ3) is 9.06. The van der Waals surface area contributed by atoms with Gasteiger partial charge >= 0.3 is 6.18 Å². The number of ether oxygens (including phenoxy) is 2. The van der Waals surface area contributed by atoms with E-state index in [1.54, 1.807) is 19.1 Å². The van der Waals surface area contributed by atoms with Crippen LogP contribution in [0, 0.1) is 23.3 Å². The van der Waals surface area contributed by atoms with Gasteiger partial charge in [-0.05, 0) is 73.5 Å². The molecule has 2 unspecified atom stereocenters. The number of hydrogen-bond donors (Lipinski definition) is 2. The van der Waals surface area contributed by atoms with Crippen LogP contribution in [0.1, 0.15) is 42.8 Å². The van der Waals surface area contributed by atoms with Gasteiger partial charge in [-0.3, -0.25) is 4.68 Å². The lowest BCUT2D eigenvalue weighted by molar-refractivity contribution is -0.143. The van der Waals surface area contributed by atoms with Crippen molar-refractivity contribution in [3.63, 3.8) is 0 Å². The van der Waals surface area contributed by atoms with E-state index in [0.29, 0.717) is 34.4 Å². The quantitative estimate of drug-likeness (QED) is 0.148. The normalized spacial score (nSPS) is 12.9. The Balaban J connectivity index is 0.000000261. The molecule has 0 aliphatic carbocycles. The average molecular weight is 739 g/mol. The van der Waals surface area contributed by atoms with Crippen LogP contribution in [-0.4, -0.2) is 32.4 Å². The van der Waals surface area contributed by atoms with Crippen molar-refractivity contribution in [2.24, 2.45) is 12.8 Å². The molecule has 1 aromatic heterocycles. The molecule has 8 nitrogen and oxygen atoms in total. The Kier molecular flexibility index (Phi) is 11.8.